The first-order chi connectivity index (χ1) is 14.3. The maximum absolute atomic E-state index is 12.2. The van der Waals surface area contributed by atoms with Crippen LogP contribution in [0.4, 0.5) is 13.2 Å². The number of nitrogens with one attached hydrogen (secondary N) is 2. The van der Waals surface area contributed by atoms with E-state index in [1.54, 1.807) is 12.1 Å². The lowest BCUT2D eigenvalue weighted by atomic mass is 10.2. The molecule has 0 fully saturated rings. The third kappa shape index (κ3) is 10.7. The molecule has 0 aliphatic heterocycles. The molecule has 0 amide bonds. The largest absolute Gasteiger partial charge is 0.484 e. The van der Waals surface area contributed by atoms with Gasteiger partial charge >= 0.3 is 6.18 Å². The summed E-state index contributed by atoms with van der Waals surface area (Å²) in [6.07, 6.45) is -2.88. The standard InChI is InChI=1S/C20H28F3N5O2.HI/c1-4-24-19(25-11-5-6-17-27-18(14(2)3)28-30-17)26-12-15-7-9-16(10-8-15)29-13-20(21,22)23;/h7-10,14H,4-6,11-13H2,1-3H3,(H2,24,25,26);1H. The normalized spacial score (nSPS) is 11.9. The van der Waals surface area contributed by atoms with Crippen molar-refractivity contribution in [3.63, 3.8) is 0 Å². The lowest BCUT2D eigenvalue weighted by molar-refractivity contribution is -0.153. The molecule has 0 unspecified atom stereocenters. The Morgan fingerprint density at radius 2 is 1.90 bits per heavy atom. The summed E-state index contributed by atoms with van der Waals surface area (Å²) in [5, 5.41) is 10.3. The van der Waals surface area contributed by atoms with Crippen molar-refractivity contribution in [1.29, 1.82) is 0 Å². The molecule has 2 N–H and O–H groups in total. The first kappa shape index (κ1) is 27.0. The van der Waals surface area contributed by atoms with Gasteiger partial charge in [0.25, 0.3) is 0 Å². The summed E-state index contributed by atoms with van der Waals surface area (Å²) in [7, 11) is 0. The quantitative estimate of drug-likeness (QED) is 0.195. The van der Waals surface area contributed by atoms with E-state index in [4.69, 9.17) is 9.26 Å². The number of aliphatic imine (C=N–C) groups is 1. The highest BCUT2D eigenvalue weighted by Crippen LogP contribution is 2.19. The second-order valence-corrected chi connectivity index (χ2v) is 6.97. The first-order valence-corrected chi connectivity index (χ1v) is 9.90. The molecule has 0 atom stereocenters. The van der Waals surface area contributed by atoms with Crippen LogP contribution in [-0.4, -0.2) is 42.0 Å². The molecule has 1 aromatic heterocycles. The molecule has 174 valence electrons. The smallest absolute Gasteiger partial charge is 0.422 e. The van der Waals surface area contributed by atoms with Crippen LogP contribution in [0.5, 0.6) is 5.75 Å². The van der Waals surface area contributed by atoms with Gasteiger partial charge in [0.15, 0.2) is 18.4 Å². The number of rotatable bonds is 10. The number of hydrogen-bond acceptors (Lipinski definition) is 5. The minimum absolute atomic E-state index is 0. The molecular weight excluding hydrogens is 526 g/mol. The van der Waals surface area contributed by atoms with Crippen LogP contribution in [0.1, 0.15) is 50.4 Å². The molecule has 0 saturated carbocycles. The molecule has 0 saturated heterocycles. The Labute approximate surface area is 197 Å². The van der Waals surface area contributed by atoms with Gasteiger partial charge < -0.3 is 19.9 Å². The third-order valence-corrected chi connectivity index (χ3v) is 3.95. The van der Waals surface area contributed by atoms with Crippen LogP contribution in [-0.2, 0) is 13.0 Å². The number of halogens is 4. The highest BCUT2D eigenvalue weighted by atomic mass is 127. The monoisotopic (exact) mass is 555 g/mol. The predicted octanol–water partition coefficient (Wildman–Crippen LogP) is 4.44. The molecule has 31 heavy (non-hydrogen) atoms. The molecular formula is C20H29F3IN5O2. The van der Waals surface area contributed by atoms with E-state index >= 15 is 0 Å². The average Bonchev–Trinajstić information content (AvgIpc) is 3.17. The van der Waals surface area contributed by atoms with Crippen molar-refractivity contribution in [3.8, 4) is 5.75 Å². The zero-order chi connectivity index (χ0) is 22.0. The van der Waals surface area contributed by atoms with Crippen LogP contribution in [0.15, 0.2) is 33.8 Å². The third-order valence-electron chi connectivity index (χ3n) is 3.95. The highest BCUT2D eigenvalue weighted by Gasteiger charge is 2.28. The van der Waals surface area contributed by atoms with Gasteiger partial charge in [0, 0.05) is 25.4 Å². The van der Waals surface area contributed by atoms with Gasteiger partial charge in [-0.25, -0.2) is 4.99 Å². The SMILES string of the molecule is CCNC(=NCc1ccc(OCC(F)(F)F)cc1)NCCCc1nc(C(C)C)no1.I. The fraction of sp³-hybridized carbons (Fsp3) is 0.550. The van der Waals surface area contributed by atoms with Gasteiger partial charge in [-0.3, -0.25) is 0 Å². The average molecular weight is 555 g/mol. The first-order valence-electron chi connectivity index (χ1n) is 9.90. The summed E-state index contributed by atoms with van der Waals surface area (Å²) < 4.78 is 46.5. The summed E-state index contributed by atoms with van der Waals surface area (Å²) >= 11 is 0. The number of aromatic nitrogens is 2. The Morgan fingerprint density at radius 1 is 1.19 bits per heavy atom. The molecule has 7 nitrogen and oxygen atoms in total. The number of alkyl halides is 3. The van der Waals surface area contributed by atoms with Crippen LogP contribution >= 0.6 is 24.0 Å². The summed E-state index contributed by atoms with van der Waals surface area (Å²) in [6, 6.07) is 6.40. The molecule has 0 radical (unpaired) electrons. The molecule has 0 aliphatic carbocycles. The van der Waals surface area contributed by atoms with E-state index in [9.17, 15) is 13.2 Å². The van der Waals surface area contributed by atoms with Crippen molar-refractivity contribution < 1.29 is 22.4 Å². The van der Waals surface area contributed by atoms with Crippen molar-refractivity contribution in [2.75, 3.05) is 19.7 Å². The highest BCUT2D eigenvalue weighted by molar-refractivity contribution is 14.0. The Balaban J connectivity index is 0.00000480. The van der Waals surface area contributed by atoms with Crippen LogP contribution in [0.2, 0.25) is 0 Å². The van der Waals surface area contributed by atoms with Gasteiger partial charge in [-0.1, -0.05) is 31.1 Å². The zero-order valence-corrected chi connectivity index (χ0v) is 20.2. The minimum atomic E-state index is -4.35. The van der Waals surface area contributed by atoms with E-state index in [1.807, 2.05) is 20.8 Å². The Hall–Kier alpha value is -2.05. The fourth-order valence-electron chi connectivity index (χ4n) is 2.42. The van der Waals surface area contributed by atoms with Crippen LogP contribution in [0, 0.1) is 0 Å². The van der Waals surface area contributed by atoms with E-state index in [0.29, 0.717) is 43.7 Å². The van der Waals surface area contributed by atoms with Crippen LogP contribution in [0.3, 0.4) is 0 Å². The number of guanidine groups is 1. The Morgan fingerprint density at radius 3 is 2.48 bits per heavy atom. The molecule has 0 aliphatic rings. The minimum Gasteiger partial charge on any atom is -0.484 e. The van der Waals surface area contributed by atoms with Crippen molar-refractivity contribution in [2.24, 2.45) is 4.99 Å². The van der Waals surface area contributed by atoms with Gasteiger partial charge in [-0.2, -0.15) is 18.2 Å². The maximum Gasteiger partial charge on any atom is 0.422 e. The molecule has 11 heteroatoms. The zero-order valence-electron chi connectivity index (χ0n) is 17.8. The van der Waals surface area contributed by atoms with Crippen LogP contribution in [0.25, 0.3) is 0 Å². The second kappa shape index (κ2) is 13.4. The number of ether oxygens (including phenoxy) is 1. The molecule has 2 aromatic rings. The van der Waals surface area contributed by atoms with Gasteiger partial charge in [0.2, 0.25) is 5.89 Å². The number of aryl methyl sites for hydroxylation is 1. The van der Waals surface area contributed by atoms with E-state index < -0.39 is 12.8 Å². The lowest BCUT2D eigenvalue weighted by Crippen LogP contribution is -2.37. The number of nitrogens with zero attached hydrogens (tertiary/aromatic N) is 3. The second-order valence-electron chi connectivity index (χ2n) is 6.97. The predicted molar refractivity (Wildman–Crippen MR) is 123 cm³/mol. The number of benzene rings is 1. The molecule has 0 spiro atoms. The Kier molecular flexibility index (Phi) is 11.6. The van der Waals surface area contributed by atoms with Gasteiger partial charge in [0.1, 0.15) is 5.75 Å². The fourth-order valence-corrected chi connectivity index (χ4v) is 2.42. The van der Waals surface area contributed by atoms with Gasteiger partial charge in [-0.05, 0) is 31.0 Å². The van der Waals surface area contributed by atoms with Gasteiger partial charge in [-0.15, -0.1) is 24.0 Å². The summed E-state index contributed by atoms with van der Waals surface area (Å²) in [4.78, 5) is 8.84. The van der Waals surface area contributed by atoms with Crippen molar-refractivity contribution >= 4 is 29.9 Å². The van der Waals surface area contributed by atoms with E-state index in [2.05, 4.69) is 25.8 Å². The van der Waals surface area contributed by atoms with Gasteiger partial charge in [0.05, 0.1) is 6.54 Å². The molecule has 1 aromatic carbocycles. The van der Waals surface area contributed by atoms with Crippen molar-refractivity contribution in [3.05, 3.63) is 41.5 Å². The van der Waals surface area contributed by atoms with E-state index in [-0.39, 0.29) is 35.6 Å². The van der Waals surface area contributed by atoms with Crippen molar-refractivity contribution in [1.82, 2.24) is 20.8 Å². The summed E-state index contributed by atoms with van der Waals surface area (Å²) in [5.74, 6) is 2.39. The summed E-state index contributed by atoms with van der Waals surface area (Å²) in [6.45, 7) is 6.46. The molecule has 0 bridgehead atoms. The van der Waals surface area contributed by atoms with Crippen molar-refractivity contribution in [2.45, 2.75) is 52.3 Å². The number of hydrogen-bond donors (Lipinski definition) is 2. The molecule has 2 rings (SSSR count). The maximum atomic E-state index is 12.2. The summed E-state index contributed by atoms with van der Waals surface area (Å²) in [5.41, 5.74) is 0.860. The lowest BCUT2D eigenvalue weighted by Gasteiger charge is -2.11. The van der Waals surface area contributed by atoms with E-state index in [1.165, 1.54) is 12.1 Å². The Bertz CT molecular complexity index is 795. The topological polar surface area (TPSA) is 84.6 Å². The van der Waals surface area contributed by atoms with Crippen LogP contribution < -0.4 is 15.4 Å². The van der Waals surface area contributed by atoms with E-state index in [0.717, 1.165) is 12.0 Å². The molecule has 1 heterocycles.